The molecule has 2 unspecified atom stereocenters. The fraction of sp³-hybridized carbons (Fsp3) is 0.889. The Labute approximate surface area is 274 Å². The molecule has 45 heavy (non-hydrogen) atoms. The SMILES string of the molecule is CCCC(=O)OCC(COCC(COC(=O)CC)OC(=O)C(C)(C)CCC(C)(C)C(C)C)OC(=O)C(C)(C)CC(C)(C)C(C)C. The second-order valence-corrected chi connectivity index (χ2v) is 15.8. The van der Waals surface area contributed by atoms with Crippen LogP contribution in [0.1, 0.15) is 135 Å². The van der Waals surface area contributed by atoms with Crippen molar-refractivity contribution >= 4 is 23.9 Å². The van der Waals surface area contributed by atoms with Crippen molar-refractivity contribution in [1.82, 2.24) is 0 Å². The van der Waals surface area contributed by atoms with Crippen molar-refractivity contribution in [3.8, 4) is 0 Å². The van der Waals surface area contributed by atoms with Gasteiger partial charge in [0.05, 0.1) is 24.0 Å². The summed E-state index contributed by atoms with van der Waals surface area (Å²) >= 11 is 0. The topological polar surface area (TPSA) is 114 Å². The lowest BCUT2D eigenvalue weighted by Gasteiger charge is -2.37. The van der Waals surface area contributed by atoms with E-state index in [9.17, 15) is 19.2 Å². The van der Waals surface area contributed by atoms with Crippen LogP contribution in [0.15, 0.2) is 0 Å². The number of esters is 4. The summed E-state index contributed by atoms with van der Waals surface area (Å²) in [4.78, 5) is 50.6. The Morgan fingerprint density at radius 2 is 1.02 bits per heavy atom. The van der Waals surface area contributed by atoms with E-state index in [2.05, 4.69) is 55.4 Å². The summed E-state index contributed by atoms with van der Waals surface area (Å²) in [5, 5.41) is 0. The number of ether oxygens (including phenoxy) is 5. The molecule has 0 bridgehead atoms. The predicted octanol–water partition coefficient (Wildman–Crippen LogP) is 7.71. The maximum Gasteiger partial charge on any atom is 0.312 e. The van der Waals surface area contributed by atoms with Crippen LogP contribution >= 0.6 is 0 Å². The monoisotopic (exact) mass is 642 g/mol. The second kappa shape index (κ2) is 18.9. The van der Waals surface area contributed by atoms with Crippen molar-refractivity contribution in [2.75, 3.05) is 26.4 Å². The van der Waals surface area contributed by atoms with Gasteiger partial charge in [-0.2, -0.15) is 0 Å². The molecular weight excluding hydrogens is 576 g/mol. The molecule has 0 spiro atoms. The summed E-state index contributed by atoms with van der Waals surface area (Å²) < 4.78 is 28.2. The molecule has 0 aromatic rings. The van der Waals surface area contributed by atoms with Gasteiger partial charge >= 0.3 is 23.9 Å². The largest absolute Gasteiger partial charge is 0.462 e. The van der Waals surface area contributed by atoms with Crippen molar-refractivity contribution in [2.24, 2.45) is 33.5 Å². The minimum absolute atomic E-state index is 0.0584. The number of carbonyl (C=O) groups excluding carboxylic acids is 4. The second-order valence-electron chi connectivity index (χ2n) is 15.8. The van der Waals surface area contributed by atoms with Crippen molar-refractivity contribution < 1.29 is 42.9 Å². The van der Waals surface area contributed by atoms with Gasteiger partial charge in [0.25, 0.3) is 0 Å². The van der Waals surface area contributed by atoms with E-state index in [4.69, 9.17) is 23.7 Å². The molecule has 0 aliphatic heterocycles. The minimum Gasteiger partial charge on any atom is -0.462 e. The maximum absolute atomic E-state index is 13.3. The van der Waals surface area contributed by atoms with E-state index in [0.29, 0.717) is 31.1 Å². The fourth-order valence-electron chi connectivity index (χ4n) is 4.38. The van der Waals surface area contributed by atoms with Crippen LogP contribution in [0.2, 0.25) is 0 Å². The van der Waals surface area contributed by atoms with Gasteiger partial charge in [-0.15, -0.1) is 0 Å². The van der Waals surface area contributed by atoms with E-state index in [1.54, 1.807) is 6.92 Å². The smallest absolute Gasteiger partial charge is 0.312 e. The molecular formula is C36H66O9. The molecule has 0 rings (SSSR count). The van der Waals surface area contributed by atoms with Crippen LogP contribution in [-0.2, 0) is 42.9 Å². The third-order valence-electron chi connectivity index (χ3n) is 9.28. The lowest BCUT2D eigenvalue weighted by atomic mass is 9.69. The van der Waals surface area contributed by atoms with Gasteiger partial charge in [0.15, 0.2) is 12.2 Å². The predicted molar refractivity (Wildman–Crippen MR) is 176 cm³/mol. The lowest BCUT2D eigenvalue weighted by molar-refractivity contribution is -0.177. The van der Waals surface area contributed by atoms with Gasteiger partial charge in [-0.3, -0.25) is 19.2 Å². The van der Waals surface area contributed by atoms with Crippen molar-refractivity contribution in [1.29, 1.82) is 0 Å². The molecule has 0 heterocycles. The molecule has 0 radical (unpaired) electrons. The number of hydrogen-bond donors (Lipinski definition) is 0. The van der Waals surface area contributed by atoms with Gasteiger partial charge in [-0.25, -0.2) is 0 Å². The molecule has 0 aliphatic carbocycles. The van der Waals surface area contributed by atoms with Gasteiger partial charge in [0.1, 0.15) is 13.2 Å². The van der Waals surface area contributed by atoms with E-state index in [0.717, 1.165) is 6.42 Å². The Morgan fingerprint density at radius 1 is 0.578 bits per heavy atom. The average molecular weight is 643 g/mol. The Kier molecular flexibility index (Phi) is 17.9. The summed E-state index contributed by atoms with van der Waals surface area (Å²) in [6.45, 7) is 27.6. The molecule has 0 aromatic heterocycles. The maximum atomic E-state index is 13.3. The van der Waals surface area contributed by atoms with Crippen LogP contribution in [0.3, 0.4) is 0 Å². The van der Waals surface area contributed by atoms with Gasteiger partial charge in [0, 0.05) is 12.8 Å². The molecule has 0 aromatic carbocycles. The van der Waals surface area contributed by atoms with Gasteiger partial charge in [-0.1, -0.05) is 69.2 Å². The summed E-state index contributed by atoms with van der Waals surface area (Å²) in [5.74, 6) is -0.826. The molecule has 2 atom stereocenters. The van der Waals surface area contributed by atoms with E-state index < -0.39 is 40.9 Å². The summed E-state index contributed by atoms with van der Waals surface area (Å²) in [6, 6.07) is 0. The van der Waals surface area contributed by atoms with Crippen LogP contribution in [0.25, 0.3) is 0 Å². The van der Waals surface area contributed by atoms with E-state index >= 15 is 0 Å². The molecule has 9 heteroatoms. The summed E-state index contributed by atoms with van der Waals surface area (Å²) in [6.07, 6.45) is 1.40. The zero-order chi connectivity index (χ0) is 35.2. The van der Waals surface area contributed by atoms with Crippen molar-refractivity contribution in [3.63, 3.8) is 0 Å². The van der Waals surface area contributed by atoms with E-state index in [1.807, 2.05) is 34.6 Å². The van der Waals surface area contributed by atoms with Crippen LogP contribution in [0, 0.1) is 33.5 Å². The lowest BCUT2D eigenvalue weighted by Crippen LogP contribution is -2.40. The first-order chi connectivity index (χ1) is 20.5. The van der Waals surface area contributed by atoms with Crippen LogP contribution < -0.4 is 0 Å². The molecule has 0 amide bonds. The number of rotatable bonds is 22. The van der Waals surface area contributed by atoms with E-state index in [-0.39, 0.29) is 56.1 Å². The zero-order valence-electron chi connectivity index (χ0n) is 31.1. The zero-order valence-corrected chi connectivity index (χ0v) is 31.1. The normalized spacial score (nSPS) is 14.2. The van der Waals surface area contributed by atoms with Gasteiger partial charge in [-0.05, 0) is 76.0 Å². The van der Waals surface area contributed by atoms with Gasteiger partial charge < -0.3 is 23.7 Å². The highest BCUT2D eigenvalue weighted by Gasteiger charge is 2.39. The van der Waals surface area contributed by atoms with Crippen molar-refractivity contribution in [3.05, 3.63) is 0 Å². The molecule has 0 saturated heterocycles. The van der Waals surface area contributed by atoms with Crippen LogP contribution in [0.4, 0.5) is 0 Å². The minimum atomic E-state index is -0.871. The quantitative estimate of drug-likeness (QED) is 0.0865. The first kappa shape index (κ1) is 42.8. The summed E-state index contributed by atoms with van der Waals surface area (Å²) in [5.41, 5.74) is -1.60. The highest BCUT2D eigenvalue weighted by atomic mass is 16.6. The molecule has 264 valence electrons. The van der Waals surface area contributed by atoms with Gasteiger partial charge in [0.2, 0.25) is 0 Å². The average Bonchev–Trinajstić information content (AvgIpc) is 2.92. The van der Waals surface area contributed by atoms with Crippen LogP contribution in [-0.4, -0.2) is 62.5 Å². The first-order valence-corrected chi connectivity index (χ1v) is 16.8. The Hall–Kier alpha value is -2.16. The Balaban J connectivity index is 5.67. The molecule has 0 saturated carbocycles. The first-order valence-electron chi connectivity index (χ1n) is 16.8. The number of hydrogen-bond acceptors (Lipinski definition) is 9. The third-order valence-corrected chi connectivity index (χ3v) is 9.28. The highest BCUT2D eigenvalue weighted by Crippen LogP contribution is 2.40. The molecule has 0 fully saturated rings. The Morgan fingerprint density at radius 3 is 1.44 bits per heavy atom. The van der Waals surface area contributed by atoms with E-state index in [1.165, 1.54) is 0 Å². The molecule has 9 nitrogen and oxygen atoms in total. The van der Waals surface area contributed by atoms with Crippen molar-refractivity contribution in [2.45, 2.75) is 148 Å². The standard InChI is InChI=1S/C36H66O9/c1-15-17-30(38)43-23-28(45-32(40)36(13,14)24-35(11,12)26(5)6)21-41-20-27(22-42-29(37)16-2)44-31(39)34(9,10)19-18-33(7,8)25(3)4/h25-28H,15-24H2,1-14H3. The Bertz CT molecular complexity index is 931. The van der Waals surface area contributed by atoms with Crippen LogP contribution in [0.5, 0.6) is 0 Å². The molecule has 0 aliphatic rings. The number of carbonyl (C=O) groups is 4. The third kappa shape index (κ3) is 16.3. The fourth-order valence-corrected chi connectivity index (χ4v) is 4.38. The summed E-state index contributed by atoms with van der Waals surface area (Å²) in [7, 11) is 0. The molecule has 0 N–H and O–H groups in total. The highest BCUT2D eigenvalue weighted by molar-refractivity contribution is 5.76.